The zero-order valence-electron chi connectivity index (χ0n) is 4.94. The molecule has 1 fully saturated rings. The molecule has 0 aromatic rings. The number of hydrogen-bond donors (Lipinski definition) is 0. The van der Waals surface area contributed by atoms with Crippen molar-refractivity contribution < 1.29 is 22.7 Å². The van der Waals surface area contributed by atoms with Crippen LogP contribution < -0.4 is 0 Å². The third-order valence-electron chi connectivity index (χ3n) is 1.32. The van der Waals surface area contributed by atoms with Crippen molar-refractivity contribution in [1.29, 1.82) is 0 Å². The molecule has 0 unspecified atom stereocenters. The maximum atomic E-state index is 11.7. The van der Waals surface area contributed by atoms with Crippen LogP contribution >= 0.6 is 0 Å². The van der Waals surface area contributed by atoms with Gasteiger partial charge in [-0.25, -0.2) is 0 Å². The van der Waals surface area contributed by atoms with E-state index < -0.39 is 31.1 Å². The largest absolute Gasteiger partial charge is 0.465 e. The van der Waals surface area contributed by atoms with Crippen LogP contribution in [0.1, 0.15) is 6.42 Å². The molecule has 0 spiro atoms. The topological polar surface area (TPSA) is 26.3 Å². The first-order chi connectivity index (χ1) is 4.50. The van der Waals surface area contributed by atoms with Gasteiger partial charge in [0.1, 0.15) is 6.61 Å². The smallest absolute Gasteiger partial charge is 0.395 e. The molecule has 0 aromatic heterocycles. The molecule has 2 nitrogen and oxygen atoms in total. The summed E-state index contributed by atoms with van der Waals surface area (Å²) in [6.07, 6.45) is -4.81. The van der Waals surface area contributed by atoms with Gasteiger partial charge in [0.05, 0.1) is 12.3 Å². The van der Waals surface area contributed by atoms with Gasteiger partial charge in [-0.1, -0.05) is 0 Å². The van der Waals surface area contributed by atoms with Gasteiger partial charge in [-0.05, 0) is 0 Å². The minimum absolute atomic E-state index is 0.512. The molecule has 0 aliphatic carbocycles. The molecule has 58 valence electrons. The van der Waals surface area contributed by atoms with Crippen molar-refractivity contribution in [2.45, 2.75) is 12.6 Å². The van der Waals surface area contributed by atoms with Gasteiger partial charge in [0.15, 0.2) is 0 Å². The highest BCUT2D eigenvalue weighted by atomic mass is 19.4. The van der Waals surface area contributed by atoms with Crippen LogP contribution in [0.25, 0.3) is 0 Å². The number of ether oxygens (including phenoxy) is 1. The van der Waals surface area contributed by atoms with Gasteiger partial charge in [0, 0.05) is 0 Å². The maximum Gasteiger partial charge on any atom is 0.395 e. The van der Waals surface area contributed by atoms with Crippen LogP contribution in [0.15, 0.2) is 0 Å². The number of esters is 1. The average molecular weight is 154 g/mol. The predicted molar refractivity (Wildman–Crippen MR) is 25.1 cm³/mol. The molecule has 0 aromatic carbocycles. The molecule has 1 heterocycles. The van der Waals surface area contributed by atoms with Crippen molar-refractivity contribution in [3.05, 3.63) is 0 Å². The lowest BCUT2D eigenvalue weighted by atomic mass is 10.1. The highest BCUT2D eigenvalue weighted by molar-refractivity contribution is 5.71. The van der Waals surface area contributed by atoms with Crippen LogP contribution in [0, 0.1) is 5.92 Å². The molecule has 10 heavy (non-hydrogen) atoms. The van der Waals surface area contributed by atoms with Crippen molar-refractivity contribution >= 4 is 5.97 Å². The summed E-state index contributed by atoms with van der Waals surface area (Å²) < 4.78 is 39.2. The molecule has 0 radical (unpaired) electrons. The van der Waals surface area contributed by atoms with Gasteiger partial charge in [0.25, 0.3) is 0 Å². The number of alkyl halides is 3. The van der Waals surface area contributed by atoms with Crippen LogP contribution in [0.5, 0.6) is 0 Å². The van der Waals surface area contributed by atoms with E-state index in [1.165, 1.54) is 0 Å². The van der Waals surface area contributed by atoms with E-state index in [4.69, 9.17) is 0 Å². The first-order valence-corrected chi connectivity index (χ1v) is 2.72. The SMILES string of the molecule is O=C1C[C@H](C(F)(F)F)CO1. The Balaban J connectivity index is 2.53. The van der Waals surface area contributed by atoms with E-state index in [0.717, 1.165) is 0 Å². The fourth-order valence-electron chi connectivity index (χ4n) is 0.723. The maximum absolute atomic E-state index is 11.7. The fraction of sp³-hybridized carbons (Fsp3) is 0.800. The van der Waals surface area contributed by atoms with Crippen molar-refractivity contribution in [1.82, 2.24) is 0 Å². The van der Waals surface area contributed by atoms with Gasteiger partial charge < -0.3 is 4.74 Å². The zero-order chi connectivity index (χ0) is 7.78. The van der Waals surface area contributed by atoms with Gasteiger partial charge in [0.2, 0.25) is 0 Å². The van der Waals surface area contributed by atoms with Crippen molar-refractivity contribution in [3.63, 3.8) is 0 Å². The van der Waals surface area contributed by atoms with Crippen LogP contribution in [0.2, 0.25) is 0 Å². The van der Waals surface area contributed by atoms with Crippen LogP contribution in [0.4, 0.5) is 13.2 Å². The molecule has 0 amide bonds. The Kier molecular flexibility index (Phi) is 1.58. The predicted octanol–water partition coefficient (Wildman–Crippen LogP) is 1.11. The zero-order valence-corrected chi connectivity index (χ0v) is 4.94. The molecule has 0 N–H and O–H groups in total. The number of carbonyl (C=O) groups excluding carboxylic acids is 1. The van der Waals surface area contributed by atoms with Crippen molar-refractivity contribution in [2.24, 2.45) is 5.92 Å². The molecule has 1 atom stereocenters. The second kappa shape index (κ2) is 2.14. The highest BCUT2D eigenvalue weighted by Crippen LogP contribution is 2.32. The third kappa shape index (κ3) is 1.40. The second-order valence-electron chi connectivity index (χ2n) is 2.13. The molecule has 1 saturated heterocycles. The first-order valence-electron chi connectivity index (χ1n) is 2.72. The van der Waals surface area contributed by atoms with Gasteiger partial charge in [-0.2, -0.15) is 13.2 Å². The van der Waals surface area contributed by atoms with Gasteiger partial charge in [-0.15, -0.1) is 0 Å². The van der Waals surface area contributed by atoms with Crippen LogP contribution in [-0.4, -0.2) is 18.8 Å². The Morgan fingerprint density at radius 2 is 2.10 bits per heavy atom. The van der Waals surface area contributed by atoms with Crippen LogP contribution in [0.3, 0.4) is 0 Å². The van der Waals surface area contributed by atoms with E-state index in [-0.39, 0.29) is 0 Å². The molecular weight excluding hydrogens is 149 g/mol. The van der Waals surface area contributed by atoms with E-state index >= 15 is 0 Å². The number of cyclic esters (lactones) is 1. The van der Waals surface area contributed by atoms with E-state index in [1.807, 2.05) is 0 Å². The van der Waals surface area contributed by atoms with E-state index in [0.29, 0.717) is 0 Å². The molecule has 0 bridgehead atoms. The lowest BCUT2D eigenvalue weighted by molar-refractivity contribution is -0.173. The van der Waals surface area contributed by atoms with Crippen molar-refractivity contribution in [2.75, 3.05) is 6.61 Å². The Morgan fingerprint density at radius 1 is 1.50 bits per heavy atom. The number of hydrogen-bond acceptors (Lipinski definition) is 2. The van der Waals surface area contributed by atoms with E-state index in [9.17, 15) is 18.0 Å². The van der Waals surface area contributed by atoms with Gasteiger partial charge >= 0.3 is 12.1 Å². The normalized spacial score (nSPS) is 26.7. The third-order valence-corrected chi connectivity index (χ3v) is 1.32. The molecule has 5 heteroatoms. The minimum Gasteiger partial charge on any atom is -0.465 e. The number of carbonyl (C=O) groups is 1. The summed E-state index contributed by atoms with van der Waals surface area (Å²) in [5.74, 6) is -2.35. The summed E-state index contributed by atoms with van der Waals surface area (Å²) >= 11 is 0. The van der Waals surface area contributed by atoms with E-state index in [2.05, 4.69) is 4.74 Å². The highest BCUT2D eigenvalue weighted by Gasteiger charge is 2.45. The molecule has 1 aliphatic rings. The quantitative estimate of drug-likeness (QED) is 0.488. The summed E-state index contributed by atoms with van der Waals surface area (Å²) in [5, 5.41) is 0. The fourth-order valence-corrected chi connectivity index (χ4v) is 0.723. The number of halogens is 3. The van der Waals surface area contributed by atoms with E-state index in [1.54, 1.807) is 0 Å². The second-order valence-corrected chi connectivity index (χ2v) is 2.13. The lowest BCUT2D eigenvalue weighted by Crippen LogP contribution is -2.22. The molecule has 1 aliphatic heterocycles. The molecule has 0 saturated carbocycles. The number of rotatable bonds is 0. The summed E-state index contributed by atoms with van der Waals surface area (Å²) in [4.78, 5) is 10.2. The van der Waals surface area contributed by atoms with Gasteiger partial charge in [-0.3, -0.25) is 4.79 Å². The molecular formula is C5H5F3O2. The summed E-state index contributed by atoms with van der Waals surface area (Å²) in [7, 11) is 0. The Morgan fingerprint density at radius 3 is 2.30 bits per heavy atom. The lowest BCUT2D eigenvalue weighted by Gasteiger charge is -2.09. The average Bonchev–Trinajstić information content (AvgIpc) is 2.11. The molecule has 1 rings (SSSR count). The summed E-state index contributed by atoms with van der Waals surface area (Å²) in [6, 6.07) is 0. The summed E-state index contributed by atoms with van der Waals surface area (Å²) in [5.41, 5.74) is 0. The van der Waals surface area contributed by atoms with Crippen molar-refractivity contribution in [3.8, 4) is 0 Å². The minimum atomic E-state index is -4.29. The Bertz CT molecular complexity index is 151. The monoisotopic (exact) mass is 154 g/mol. The Labute approximate surface area is 55.0 Å². The standard InChI is InChI=1S/C5H5F3O2/c6-5(7,8)3-1-4(9)10-2-3/h3H,1-2H2/t3-/m0/s1. The summed E-state index contributed by atoms with van der Waals surface area (Å²) in [6.45, 7) is -0.512. The van der Waals surface area contributed by atoms with Crippen LogP contribution in [-0.2, 0) is 9.53 Å². The Hall–Kier alpha value is -0.740. The first kappa shape index (κ1) is 7.37.